The number of benzene rings is 2. The van der Waals surface area contributed by atoms with Crippen molar-refractivity contribution >= 4 is 11.6 Å². The molecule has 0 fully saturated rings. The molecule has 0 heterocycles. The van der Waals surface area contributed by atoms with Crippen molar-refractivity contribution in [1.29, 1.82) is 5.26 Å². The summed E-state index contributed by atoms with van der Waals surface area (Å²) in [5, 5.41) is 8.91. The highest BCUT2D eigenvalue weighted by Gasteiger charge is 2.17. The summed E-state index contributed by atoms with van der Waals surface area (Å²) in [6.07, 6.45) is 0. The molecule has 0 bridgehead atoms. The summed E-state index contributed by atoms with van der Waals surface area (Å²) in [4.78, 5) is 13.9. The van der Waals surface area contributed by atoms with Gasteiger partial charge in [-0.15, -0.1) is 0 Å². The van der Waals surface area contributed by atoms with Crippen LogP contribution in [-0.4, -0.2) is 19.6 Å². The standard InChI is InChI=1S/C16H14N2O2/c1-20-15-9-7-13(8-10-15)16(19)18(12-11-17)14-5-3-2-4-6-14/h2-10H,12H2,1H3. The third-order valence-electron chi connectivity index (χ3n) is 2.88. The van der Waals surface area contributed by atoms with Crippen molar-refractivity contribution in [3.8, 4) is 11.8 Å². The molecule has 0 aliphatic heterocycles. The summed E-state index contributed by atoms with van der Waals surface area (Å²) in [5.74, 6) is 0.480. The lowest BCUT2D eigenvalue weighted by atomic mass is 10.1. The molecular formula is C16H14N2O2. The number of rotatable bonds is 4. The fourth-order valence-electron chi connectivity index (χ4n) is 1.85. The Hall–Kier alpha value is -2.80. The quantitative estimate of drug-likeness (QED) is 0.799. The Kier molecular flexibility index (Phi) is 4.35. The van der Waals surface area contributed by atoms with Crippen molar-refractivity contribution in [2.45, 2.75) is 0 Å². The molecule has 0 unspecified atom stereocenters. The number of para-hydroxylation sites is 1. The molecule has 0 spiro atoms. The van der Waals surface area contributed by atoms with Crippen LogP contribution in [0.1, 0.15) is 10.4 Å². The van der Waals surface area contributed by atoms with E-state index in [4.69, 9.17) is 10.00 Å². The van der Waals surface area contributed by atoms with E-state index in [1.54, 1.807) is 43.5 Å². The zero-order chi connectivity index (χ0) is 14.4. The summed E-state index contributed by atoms with van der Waals surface area (Å²) in [7, 11) is 1.57. The lowest BCUT2D eigenvalue weighted by Crippen LogP contribution is -2.31. The molecule has 0 N–H and O–H groups in total. The molecule has 4 nitrogen and oxygen atoms in total. The normalized spacial score (nSPS) is 9.60. The summed E-state index contributed by atoms with van der Waals surface area (Å²) >= 11 is 0. The Labute approximate surface area is 117 Å². The van der Waals surface area contributed by atoms with Gasteiger partial charge in [-0.2, -0.15) is 5.26 Å². The molecule has 2 aromatic rings. The van der Waals surface area contributed by atoms with Gasteiger partial charge >= 0.3 is 0 Å². The van der Waals surface area contributed by atoms with Crippen LogP contribution in [0, 0.1) is 11.3 Å². The fraction of sp³-hybridized carbons (Fsp3) is 0.125. The van der Waals surface area contributed by atoms with Gasteiger partial charge in [0.25, 0.3) is 5.91 Å². The van der Waals surface area contributed by atoms with Crippen molar-refractivity contribution in [2.75, 3.05) is 18.6 Å². The summed E-state index contributed by atoms with van der Waals surface area (Å²) in [6.45, 7) is 0.00881. The van der Waals surface area contributed by atoms with Crippen LogP contribution in [0.2, 0.25) is 0 Å². The maximum Gasteiger partial charge on any atom is 0.259 e. The van der Waals surface area contributed by atoms with Gasteiger partial charge in [0.1, 0.15) is 12.3 Å². The van der Waals surface area contributed by atoms with Gasteiger partial charge in [-0.1, -0.05) is 18.2 Å². The van der Waals surface area contributed by atoms with Crippen molar-refractivity contribution < 1.29 is 9.53 Å². The van der Waals surface area contributed by atoms with E-state index >= 15 is 0 Å². The predicted octanol–water partition coefficient (Wildman–Crippen LogP) is 2.87. The lowest BCUT2D eigenvalue weighted by Gasteiger charge is -2.19. The Bertz CT molecular complexity index is 615. The SMILES string of the molecule is COc1ccc(C(=O)N(CC#N)c2ccccc2)cc1. The number of anilines is 1. The molecule has 4 heteroatoms. The van der Waals surface area contributed by atoms with E-state index in [2.05, 4.69) is 0 Å². The number of hydrogen-bond donors (Lipinski definition) is 0. The van der Waals surface area contributed by atoms with E-state index < -0.39 is 0 Å². The molecular weight excluding hydrogens is 252 g/mol. The van der Waals surface area contributed by atoms with Gasteiger partial charge in [0.05, 0.1) is 13.2 Å². The second-order valence-corrected chi connectivity index (χ2v) is 4.11. The van der Waals surface area contributed by atoms with Crippen LogP contribution in [0.15, 0.2) is 54.6 Å². The van der Waals surface area contributed by atoms with Crippen LogP contribution in [0.5, 0.6) is 5.75 Å². The zero-order valence-corrected chi connectivity index (χ0v) is 11.1. The Morgan fingerprint density at radius 3 is 2.35 bits per heavy atom. The summed E-state index contributed by atoms with van der Waals surface area (Å²) < 4.78 is 5.06. The number of ether oxygens (including phenoxy) is 1. The Morgan fingerprint density at radius 1 is 1.15 bits per heavy atom. The van der Waals surface area contributed by atoms with E-state index in [9.17, 15) is 4.79 Å². The molecule has 2 aromatic carbocycles. The number of carbonyl (C=O) groups excluding carboxylic acids is 1. The number of amides is 1. The molecule has 100 valence electrons. The van der Waals surface area contributed by atoms with E-state index in [0.29, 0.717) is 17.0 Å². The van der Waals surface area contributed by atoms with Crippen LogP contribution in [-0.2, 0) is 0 Å². The molecule has 0 aliphatic rings. The fourth-order valence-corrected chi connectivity index (χ4v) is 1.85. The predicted molar refractivity (Wildman–Crippen MR) is 76.7 cm³/mol. The minimum absolute atomic E-state index is 0.00881. The van der Waals surface area contributed by atoms with Crippen molar-refractivity contribution in [2.24, 2.45) is 0 Å². The molecule has 0 saturated carbocycles. The van der Waals surface area contributed by atoms with Crippen LogP contribution in [0.4, 0.5) is 5.69 Å². The Balaban J connectivity index is 2.29. The first-order chi connectivity index (χ1) is 9.76. The van der Waals surface area contributed by atoms with Crippen LogP contribution < -0.4 is 9.64 Å². The highest BCUT2D eigenvalue weighted by Crippen LogP contribution is 2.18. The monoisotopic (exact) mass is 266 g/mol. The molecule has 0 radical (unpaired) electrons. The smallest absolute Gasteiger partial charge is 0.259 e. The van der Waals surface area contributed by atoms with Crippen LogP contribution >= 0.6 is 0 Å². The van der Waals surface area contributed by atoms with Crippen molar-refractivity contribution in [3.63, 3.8) is 0 Å². The van der Waals surface area contributed by atoms with E-state index in [1.165, 1.54) is 4.90 Å². The van der Waals surface area contributed by atoms with Crippen LogP contribution in [0.3, 0.4) is 0 Å². The van der Waals surface area contributed by atoms with Crippen molar-refractivity contribution in [1.82, 2.24) is 0 Å². The lowest BCUT2D eigenvalue weighted by molar-refractivity contribution is 0.0990. The second-order valence-electron chi connectivity index (χ2n) is 4.11. The number of nitrogens with zero attached hydrogens (tertiary/aromatic N) is 2. The maximum absolute atomic E-state index is 12.5. The molecule has 0 aromatic heterocycles. The minimum atomic E-state index is -0.208. The summed E-state index contributed by atoms with van der Waals surface area (Å²) in [6, 6.07) is 18.0. The number of nitriles is 1. The molecule has 0 aliphatic carbocycles. The first-order valence-electron chi connectivity index (χ1n) is 6.14. The van der Waals surface area contributed by atoms with Gasteiger partial charge in [-0.05, 0) is 36.4 Å². The minimum Gasteiger partial charge on any atom is -0.497 e. The second kappa shape index (κ2) is 6.39. The first kappa shape index (κ1) is 13.6. The topological polar surface area (TPSA) is 53.3 Å². The van der Waals surface area contributed by atoms with Crippen molar-refractivity contribution in [3.05, 3.63) is 60.2 Å². The van der Waals surface area contributed by atoms with E-state index in [-0.39, 0.29) is 12.5 Å². The molecule has 1 amide bonds. The third kappa shape index (κ3) is 2.96. The molecule has 0 atom stereocenters. The van der Waals surface area contributed by atoms with Crippen LogP contribution in [0.25, 0.3) is 0 Å². The van der Waals surface area contributed by atoms with Gasteiger partial charge in [0.15, 0.2) is 0 Å². The maximum atomic E-state index is 12.5. The molecule has 0 saturated heterocycles. The molecule has 2 rings (SSSR count). The van der Waals surface area contributed by atoms with Gasteiger partial charge in [-0.25, -0.2) is 0 Å². The zero-order valence-electron chi connectivity index (χ0n) is 11.1. The third-order valence-corrected chi connectivity index (χ3v) is 2.88. The summed E-state index contributed by atoms with van der Waals surface area (Å²) in [5.41, 5.74) is 1.22. The van der Waals surface area contributed by atoms with E-state index in [0.717, 1.165) is 0 Å². The molecule has 20 heavy (non-hydrogen) atoms. The average molecular weight is 266 g/mol. The number of hydrogen-bond acceptors (Lipinski definition) is 3. The highest BCUT2D eigenvalue weighted by atomic mass is 16.5. The van der Waals surface area contributed by atoms with Gasteiger partial charge in [0, 0.05) is 11.3 Å². The number of methoxy groups -OCH3 is 1. The van der Waals surface area contributed by atoms with Gasteiger partial charge in [0.2, 0.25) is 0 Å². The largest absolute Gasteiger partial charge is 0.497 e. The van der Waals surface area contributed by atoms with Gasteiger partial charge in [-0.3, -0.25) is 9.69 Å². The van der Waals surface area contributed by atoms with E-state index in [1.807, 2.05) is 24.3 Å². The van der Waals surface area contributed by atoms with Gasteiger partial charge < -0.3 is 4.74 Å². The Morgan fingerprint density at radius 2 is 1.80 bits per heavy atom. The number of carbonyl (C=O) groups is 1. The first-order valence-corrected chi connectivity index (χ1v) is 6.14. The average Bonchev–Trinajstić information content (AvgIpc) is 2.53. The highest BCUT2D eigenvalue weighted by molar-refractivity contribution is 6.06.